The lowest BCUT2D eigenvalue weighted by Crippen LogP contribution is -2.45. The maximum Gasteiger partial charge on any atom is 0.243 e. The first kappa shape index (κ1) is 22.9. The normalized spacial score (nSPS) is 17.5. The highest BCUT2D eigenvalue weighted by Crippen LogP contribution is 2.30. The number of carbonyl (C=O) groups excluding carboxylic acids is 1. The highest BCUT2D eigenvalue weighted by atomic mass is 35.5. The summed E-state index contributed by atoms with van der Waals surface area (Å²) in [6, 6.07) is 11.6. The van der Waals surface area contributed by atoms with Crippen molar-refractivity contribution < 1.29 is 17.9 Å². The van der Waals surface area contributed by atoms with Crippen molar-refractivity contribution >= 4 is 39.1 Å². The summed E-state index contributed by atoms with van der Waals surface area (Å²) in [5, 5.41) is 3.76. The first-order chi connectivity index (χ1) is 14.3. The number of sulfonamides is 1. The predicted molar refractivity (Wildman–Crippen MR) is 117 cm³/mol. The highest BCUT2D eigenvalue weighted by Gasteiger charge is 2.33. The summed E-state index contributed by atoms with van der Waals surface area (Å²) in [4.78, 5) is 12.7. The Morgan fingerprint density at radius 2 is 1.93 bits per heavy atom. The van der Waals surface area contributed by atoms with Gasteiger partial charge in [0.2, 0.25) is 15.9 Å². The van der Waals surface area contributed by atoms with E-state index in [2.05, 4.69) is 5.32 Å². The molecule has 3 rings (SSSR count). The van der Waals surface area contributed by atoms with Crippen LogP contribution in [0, 0.1) is 5.92 Å². The lowest BCUT2D eigenvalue weighted by atomic mass is 9.99. The van der Waals surface area contributed by atoms with Crippen molar-refractivity contribution in [3.05, 3.63) is 58.1 Å². The van der Waals surface area contributed by atoms with Crippen LogP contribution >= 0.6 is 23.2 Å². The third-order valence-electron chi connectivity index (χ3n) is 4.98. The van der Waals surface area contributed by atoms with Gasteiger partial charge in [-0.15, -0.1) is 0 Å². The number of hydrogen-bond acceptors (Lipinski definition) is 4. The van der Waals surface area contributed by atoms with E-state index in [0.717, 1.165) is 5.56 Å². The third kappa shape index (κ3) is 5.46. The molecule has 1 fully saturated rings. The first-order valence-electron chi connectivity index (χ1n) is 9.76. The van der Waals surface area contributed by atoms with Crippen LogP contribution in [0.4, 0.5) is 0 Å². The van der Waals surface area contributed by atoms with Gasteiger partial charge in [-0.1, -0.05) is 35.3 Å². The number of ether oxygens (including phenoxy) is 1. The Bertz CT molecular complexity index is 997. The third-order valence-corrected chi connectivity index (χ3v) is 7.38. The molecule has 1 atom stereocenters. The second kappa shape index (κ2) is 10.0. The van der Waals surface area contributed by atoms with Gasteiger partial charge in [0.25, 0.3) is 0 Å². The summed E-state index contributed by atoms with van der Waals surface area (Å²) in [5.74, 6) is -0.121. The molecule has 1 amide bonds. The van der Waals surface area contributed by atoms with Crippen molar-refractivity contribution in [1.29, 1.82) is 0 Å². The van der Waals surface area contributed by atoms with E-state index in [1.165, 1.54) is 16.4 Å². The molecule has 0 spiro atoms. The van der Waals surface area contributed by atoms with Gasteiger partial charge in [0, 0.05) is 24.7 Å². The molecule has 0 aromatic heterocycles. The predicted octanol–water partition coefficient (Wildman–Crippen LogP) is 4.11. The van der Waals surface area contributed by atoms with Crippen LogP contribution in [0.1, 0.15) is 25.3 Å². The Hall–Kier alpha value is -1.80. The SMILES string of the molecule is CCOc1ccc(S(=O)(=O)N2CCC[C@H](C(=O)NCc3ccc(Cl)cc3)C2)cc1Cl. The molecule has 1 N–H and O–H groups in total. The number of nitrogens with zero attached hydrogens (tertiary/aromatic N) is 1. The van der Waals surface area contributed by atoms with E-state index in [4.69, 9.17) is 27.9 Å². The fourth-order valence-electron chi connectivity index (χ4n) is 3.37. The summed E-state index contributed by atoms with van der Waals surface area (Å²) in [6.45, 7) is 3.14. The molecule has 1 aliphatic rings. The molecule has 0 unspecified atom stereocenters. The number of rotatable bonds is 7. The fourth-order valence-corrected chi connectivity index (χ4v) is 5.35. The molecule has 0 aliphatic carbocycles. The molecule has 162 valence electrons. The zero-order valence-corrected chi connectivity index (χ0v) is 18.9. The topological polar surface area (TPSA) is 75.7 Å². The average Bonchev–Trinajstić information content (AvgIpc) is 2.74. The van der Waals surface area contributed by atoms with Crippen LogP contribution in [0.3, 0.4) is 0 Å². The summed E-state index contributed by atoms with van der Waals surface area (Å²) in [5.41, 5.74) is 0.928. The van der Waals surface area contributed by atoms with Crippen LogP contribution in [-0.4, -0.2) is 38.3 Å². The molecular weight excluding hydrogens is 447 g/mol. The molecule has 6 nitrogen and oxygen atoms in total. The van der Waals surface area contributed by atoms with E-state index in [-0.39, 0.29) is 22.4 Å². The Labute approximate surface area is 187 Å². The van der Waals surface area contributed by atoms with Gasteiger partial charge >= 0.3 is 0 Å². The van der Waals surface area contributed by atoms with Gasteiger partial charge in [0.15, 0.2) is 0 Å². The lowest BCUT2D eigenvalue weighted by molar-refractivity contribution is -0.126. The number of halogens is 2. The Morgan fingerprint density at radius 3 is 2.60 bits per heavy atom. The largest absolute Gasteiger partial charge is 0.492 e. The number of amides is 1. The second-order valence-electron chi connectivity index (χ2n) is 7.07. The van der Waals surface area contributed by atoms with Crippen LogP contribution in [0.25, 0.3) is 0 Å². The Kier molecular flexibility index (Phi) is 7.63. The van der Waals surface area contributed by atoms with E-state index in [1.807, 2.05) is 19.1 Å². The van der Waals surface area contributed by atoms with E-state index < -0.39 is 15.9 Å². The molecule has 2 aromatic rings. The van der Waals surface area contributed by atoms with Gasteiger partial charge in [-0.2, -0.15) is 4.31 Å². The minimum Gasteiger partial charge on any atom is -0.492 e. The number of carbonyl (C=O) groups is 1. The maximum atomic E-state index is 13.1. The van der Waals surface area contributed by atoms with E-state index in [9.17, 15) is 13.2 Å². The second-order valence-corrected chi connectivity index (χ2v) is 9.85. The minimum atomic E-state index is -3.76. The summed E-state index contributed by atoms with van der Waals surface area (Å²) < 4.78 is 32.9. The van der Waals surface area contributed by atoms with E-state index >= 15 is 0 Å². The standard InChI is InChI=1S/C21H24Cl2N2O4S/c1-2-29-20-10-9-18(12-19(20)23)30(27,28)25-11-3-4-16(14-25)21(26)24-13-15-5-7-17(22)8-6-15/h5-10,12,16H,2-4,11,13-14H2,1H3,(H,24,26)/t16-/m0/s1. The fraction of sp³-hybridized carbons (Fsp3) is 0.381. The van der Waals surface area contributed by atoms with Crippen LogP contribution in [-0.2, 0) is 21.4 Å². The number of nitrogens with one attached hydrogen (secondary N) is 1. The summed E-state index contributed by atoms with van der Waals surface area (Å²) in [7, 11) is -3.76. The number of hydrogen-bond donors (Lipinski definition) is 1. The van der Waals surface area contributed by atoms with Gasteiger partial charge < -0.3 is 10.1 Å². The summed E-state index contributed by atoms with van der Waals surface area (Å²) in [6.07, 6.45) is 1.26. The molecule has 0 radical (unpaired) electrons. The monoisotopic (exact) mass is 470 g/mol. The van der Waals surface area contributed by atoms with E-state index in [1.54, 1.807) is 18.2 Å². The highest BCUT2D eigenvalue weighted by molar-refractivity contribution is 7.89. The van der Waals surface area contributed by atoms with Crippen molar-refractivity contribution in [3.63, 3.8) is 0 Å². The zero-order chi connectivity index (χ0) is 21.7. The first-order valence-corrected chi connectivity index (χ1v) is 12.0. The number of piperidine rings is 1. The molecule has 30 heavy (non-hydrogen) atoms. The molecular formula is C21H24Cl2N2O4S. The Morgan fingerprint density at radius 1 is 1.20 bits per heavy atom. The van der Waals surface area contributed by atoms with Crippen molar-refractivity contribution in [1.82, 2.24) is 9.62 Å². The molecule has 0 saturated carbocycles. The maximum absolute atomic E-state index is 13.1. The minimum absolute atomic E-state index is 0.0955. The van der Waals surface area contributed by atoms with Crippen LogP contribution in [0.5, 0.6) is 5.75 Å². The Balaban J connectivity index is 1.66. The van der Waals surface area contributed by atoms with Crippen molar-refractivity contribution in [3.8, 4) is 5.75 Å². The van der Waals surface area contributed by atoms with Crippen molar-refractivity contribution in [2.24, 2.45) is 5.92 Å². The molecule has 0 bridgehead atoms. The lowest BCUT2D eigenvalue weighted by Gasteiger charge is -2.31. The van der Waals surface area contributed by atoms with Crippen LogP contribution in [0.2, 0.25) is 10.0 Å². The molecule has 1 heterocycles. The zero-order valence-electron chi connectivity index (χ0n) is 16.6. The van der Waals surface area contributed by atoms with Gasteiger partial charge in [0.1, 0.15) is 5.75 Å². The summed E-state index contributed by atoms with van der Waals surface area (Å²) >= 11 is 12.0. The van der Waals surface area contributed by atoms with Crippen LogP contribution < -0.4 is 10.1 Å². The van der Waals surface area contributed by atoms with E-state index in [0.29, 0.717) is 43.3 Å². The molecule has 2 aromatic carbocycles. The average molecular weight is 471 g/mol. The van der Waals surface area contributed by atoms with Crippen molar-refractivity contribution in [2.45, 2.75) is 31.2 Å². The molecule has 1 saturated heterocycles. The van der Waals surface area contributed by atoms with Gasteiger partial charge in [-0.25, -0.2) is 8.42 Å². The molecule has 9 heteroatoms. The van der Waals surface area contributed by atoms with Gasteiger partial charge in [0.05, 0.1) is 22.4 Å². The molecule has 1 aliphatic heterocycles. The quantitative estimate of drug-likeness (QED) is 0.660. The van der Waals surface area contributed by atoms with Crippen LogP contribution in [0.15, 0.2) is 47.4 Å². The van der Waals surface area contributed by atoms with Gasteiger partial charge in [-0.05, 0) is 55.7 Å². The smallest absolute Gasteiger partial charge is 0.243 e. The number of benzene rings is 2. The van der Waals surface area contributed by atoms with Crippen molar-refractivity contribution in [2.75, 3.05) is 19.7 Å². The van der Waals surface area contributed by atoms with Gasteiger partial charge in [-0.3, -0.25) is 4.79 Å².